The van der Waals surface area contributed by atoms with Crippen molar-refractivity contribution in [3.05, 3.63) is 53.7 Å². The van der Waals surface area contributed by atoms with E-state index in [0.29, 0.717) is 23.6 Å². The number of nitrogens with one attached hydrogen (secondary N) is 3. The first-order valence-corrected chi connectivity index (χ1v) is 9.28. The minimum Gasteiger partial charge on any atom is -0.381 e. The van der Waals surface area contributed by atoms with Gasteiger partial charge >= 0.3 is 0 Å². The molecule has 8 nitrogen and oxygen atoms in total. The summed E-state index contributed by atoms with van der Waals surface area (Å²) in [4.78, 5) is 12.7. The van der Waals surface area contributed by atoms with E-state index < -0.39 is 0 Å². The summed E-state index contributed by atoms with van der Waals surface area (Å²) in [5.41, 5.74) is 2.02. The summed E-state index contributed by atoms with van der Waals surface area (Å²) in [5.74, 6) is 1.65. The van der Waals surface area contributed by atoms with Gasteiger partial charge in [-0.15, -0.1) is 0 Å². The number of ether oxygens (including phenoxy) is 1. The Labute approximate surface area is 162 Å². The Balaban J connectivity index is 1.41. The third kappa shape index (κ3) is 4.42. The van der Waals surface area contributed by atoms with E-state index in [9.17, 15) is 4.39 Å². The maximum absolute atomic E-state index is 13.1. The van der Waals surface area contributed by atoms with Gasteiger partial charge in [-0.25, -0.2) is 14.4 Å². The molecule has 1 saturated heterocycles. The Morgan fingerprint density at radius 2 is 1.89 bits per heavy atom. The average Bonchev–Trinajstić information content (AvgIpc) is 3.18. The molecule has 3 N–H and O–H groups in total. The van der Waals surface area contributed by atoms with E-state index in [1.54, 1.807) is 12.1 Å². The van der Waals surface area contributed by atoms with Gasteiger partial charge in [-0.1, -0.05) is 12.1 Å². The molecule has 0 saturated carbocycles. The Kier molecular flexibility index (Phi) is 5.43. The number of rotatable bonds is 6. The van der Waals surface area contributed by atoms with Crippen LogP contribution in [-0.2, 0) is 4.74 Å². The van der Waals surface area contributed by atoms with Crippen LogP contribution in [0.2, 0.25) is 0 Å². The molecule has 4 rings (SSSR count). The molecule has 1 atom stereocenters. The van der Waals surface area contributed by atoms with Crippen LogP contribution < -0.4 is 10.6 Å². The first-order chi connectivity index (χ1) is 13.7. The van der Waals surface area contributed by atoms with Crippen LogP contribution in [0.25, 0.3) is 0 Å². The number of anilines is 3. The van der Waals surface area contributed by atoms with Crippen LogP contribution in [0.1, 0.15) is 43.0 Å². The maximum atomic E-state index is 13.1. The number of H-pyrrole nitrogens is 1. The molecule has 28 heavy (non-hydrogen) atoms. The topological polar surface area (TPSA) is 101 Å². The standard InChI is InChI=1S/C19H22FN7O/c1-12(13-2-4-15(20)5-3-13)23-18-21-11-22-19(25-18)24-17-10-16(26-27-17)14-6-8-28-9-7-14/h2-5,10-12,14H,6-9H2,1H3,(H3,21,22,23,24,25,26,27). The number of aromatic nitrogens is 5. The maximum Gasteiger partial charge on any atom is 0.233 e. The van der Waals surface area contributed by atoms with Gasteiger partial charge in [0.15, 0.2) is 5.82 Å². The highest BCUT2D eigenvalue weighted by atomic mass is 19.1. The lowest BCUT2D eigenvalue weighted by molar-refractivity contribution is 0.0845. The summed E-state index contributed by atoms with van der Waals surface area (Å²) in [6, 6.07) is 8.22. The quantitative estimate of drug-likeness (QED) is 0.598. The number of nitrogens with zero attached hydrogens (tertiary/aromatic N) is 4. The van der Waals surface area contributed by atoms with Crippen LogP contribution >= 0.6 is 0 Å². The van der Waals surface area contributed by atoms with Gasteiger partial charge in [-0.3, -0.25) is 5.10 Å². The summed E-state index contributed by atoms with van der Waals surface area (Å²) >= 11 is 0. The Hall–Kier alpha value is -3.07. The van der Waals surface area contributed by atoms with E-state index in [-0.39, 0.29) is 11.9 Å². The van der Waals surface area contributed by atoms with Crippen LogP contribution in [0.3, 0.4) is 0 Å². The highest BCUT2D eigenvalue weighted by molar-refractivity contribution is 5.49. The molecule has 2 aromatic heterocycles. The molecule has 0 spiro atoms. The van der Waals surface area contributed by atoms with E-state index in [1.165, 1.54) is 18.5 Å². The second kappa shape index (κ2) is 8.30. The zero-order valence-electron chi connectivity index (χ0n) is 15.5. The van der Waals surface area contributed by atoms with Crippen LogP contribution in [0.4, 0.5) is 22.1 Å². The van der Waals surface area contributed by atoms with Gasteiger partial charge in [-0.2, -0.15) is 10.1 Å². The second-order valence-corrected chi connectivity index (χ2v) is 6.77. The number of halogens is 1. The van der Waals surface area contributed by atoms with Gasteiger partial charge in [0, 0.05) is 30.9 Å². The van der Waals surface area contributed by atoms with Crippen LogP contribution in [0, 0.1) is 5.82 Å². The van der Waals surface area contributed by atoms with Crippen molar-refractivity contribution < 1.29 is 9.13 Å². The van der Waals surface area contributed by atoms with Crippen molar-refractivity contribution >= 4 is 17.7 Å². The second-order valence-electron chi connectivity index (χ2n) is 6.77. The molecule has 0 radical (unpaired) electrons. The third-order valence-electron chi connectivity index (χ3n) is 4.79. The summed E-state index contributed by atoms with van der Waals surface area (Å²) < 4.78 is 18.5. The van der Waals surface area contributed by atoms with Crippen LogP contribution in [0.15, 0.2) is 36.7 Å². The predicted octanol–water partition coefficient (Wildman–Crippen LogP) is 3.54. The molecule has 3 heterocycles. The highest BCUT2D eigenvalue weighted by Crippen LogP contribution is 2.27. The predicted molar refractivity (Wildman–Crippen MR) is 103 cm³/mol. The third-order valence-corrected chi connectivity index (χ3v) is 4.79. The molecular weight excluding hydrogens is 361 g/mol. The average molecular weight is 383 g/mol. The molecular formula is C19H22FN7O. The largest absolute Gasteiger partial charge is 0.381 e. The summed E-state index contributed by atoms with van der Waals surface area (Å²) in [5, 5.41) is 13.7. The summed E-state index contributed by atoms with van der Waals surface area (Å²) in [7, 11) is 0. The van der Waals surface area contributed by atoms with Gasteiger partial charge in [-0.05, 0) is 37.5 Å². The minimum absolute atomic E-state index is 0.0821. The Morgan fingerprint density at radius 1 is 1.14 bits per heavy atom. The molecule has 0 bridgehead atoms. The van der Waals surface area contributed by atoms with E-state index in [0.717, 1.165) is 37.3 Å². The molecule has 1 aromatic carbocycles. The molecule has 146 valence electrons. The fraction of sp³-hybridized carbons (Fsp3) is 0.368. The minimum atomic E-state index is -0.262. The van der Waals surface area contributed by atoms with E-state index in [1.807, 2.05) is 13.0 Å². The van der Waals surface area contributed by atoms with Gasteiger partial charge < -0.3 is 15.4 Å². The number of aromatic amines is 1. The zero-order valence-corrected chi connectivity index (χ0v) is 15.5. The Bertz CT molecular complexity index is 909. The van der Waals surface area contributed by atoms with Gasteiger partial charge in [0.1, 0.15) is 12.1 Å². The van der Waals surface area contributed by atoms with Crippen molar-refractivity contribution in [3.8, 4) is 0 Å². The smallest absolute Gasteiger partial charge is 0.233 e. The molecule has 1 aliphatic heterocycles. The Morgan fingerprint density at radius 3 is 2.68 bits per heavy atom. The molecule has 0 amide bonds. The van der Waals surface area contributed by atoms with E-state index >= 15 is 0 Å². The van der Waals surface area contributed by atoms with Crippen molar-refractivity contribution in [2.24, 2.45) is 0 Å². The lowest BCUT2D eigenvalue weighted by atomic mass is 9.97. The molecule has 0 aliphatic carbocycles. The lowest BCUT2D eigenvalue weighted by Crippen LogP contribution is -2.14. The first kappa shape index (κ1) is 18.3. The number of hydrogen-bond donors (Lipinski definition) is 3. The fourth-order valence-corrected chi connectivity index (χ4v) is 3.19. The van der Waals surface area contributed by atoms with Crippen molar-refractivity contribution in [1.82, 2.24) is 25.1 Å². The summed E-state index contributed by atoms with van der Waals surface area (Å²) in [6.45, 7) is 3.51. The van der Waals surface area contributed by atoms with Crippen molar-refractivity contribution in [2.45, 2.75) is 31.7 Å². The molecule has 1 aliphatic rings. The number of hydrogen-bond acceptors (Lipinski definition) is 7. The molecule has 1 unspecified atom stereocenters. The van der Waals surface area contributed by atoms with Gasteiger partial charge in [0.05, 0.1) is 6.04 Å². The molecule has 1 fully saturated rings. The highest BCUT2D eigenvalue weighted by Gasteiger charge is 2.18. The summed E-state index contributed by atoms with van der Waals surface area (Å²) in [6.07, 6.45) is 3.41. The molecule has 9 heteroatoms. The van der Waals surface area contributed by atoms with E-state index in [2.05, 4.69) is 35.8 Å². The SMILES string of the molecule is CC(Nc1ncnc(Nc2cc(C3CCOCC3)[nH]n2)n1)c1ccc(F)cc1. The zero-order chi connectivity index (χ0) is 19.3. The first-order valence-electron chi connectivity index (χ1n) is 9.28. The van der Waals surface area contributed by atoms with Crippen molar-refractivity contribution in [3.63, 3.8) is 0 Å². The van der Waals surface area contributed by atoms with Gasteiger partial charge in [0.2, 0.25) is 11.9 Å². The lowest BCUT2D eigenvalue weighted by Gasteiger charge is -2.20. The van der Waals surface area contributed by atoms with Crippen molar-refractivity contribution in [2.75, 3.05) is 23.8 Å². The monoisotopic (exact) mass is 383 g/mol. The van der Waals surface area contributed by atoms with Crippen LogP contribution in [-0.4, -0.2) is 38.4 Å². The fourth-order valence-electron chi connectivity index (χ4n) is 3.19. The van der Waals surface area contributed by atoms with Gasteiger partial charge in [0.25, 0.3) is 0 Å². The normalized spacial score (nSPS) is 15.9. The van der Waals surface area contributed by atoms with Crippen molar-refractivity contribution in [1.29, 1.82) is 0 Å². The van der Waals surface area contributed by atoms with Crippen LogP contribution in [0.5, 0.6) is 0 Å². The van der Waals surface area contributed by atoms with E-state index in [4.69, 9.17) is 4.74 Å². The number of benzene rings is 1. The molecule has 3 aromatic rings.